The van der Waals surface area contributed by atoms with Crippen molar-refractivity contribution in [3.05, 3.63) is 46.0 Å². The van der Waals surface area contributed by atoms with Crippen molar-refractivity contribution in [2.45, 2.75) is 51.8 Å². The molecule has 5 nitrogen and oxygen atoms in total. The Morgan fingerprint density at radius 1 is 1.26 bits per heavy atom. The van der Waals surface area contributed by atoms with E-state index in [0.29, 0.717) is 12.2 Å². The maximum absolute atomic E-state index is 12.0. The van der Waals surface area contributed by atoms with Gasteiger partial charge in [-0.25, -0.2) is 4.79 Å². The predicted molar refractivity (Wildman–Crippen MR) is 91.6 cm³/mol. The van der Waals surface area contributed by atoms with Gasteiger partial charge in [-0.15, -0.1) is 11.3 Å². The van der Waals surface area contributed by atoms with E-state index in [1.807, 2.05) is 13.8 Å². The normalized spacial score (nSPS) is 15.0. The number of hydrogen-bond donors (Lipinski definition) is 3. The van der Waals surface area contributed by atoms with Crippen molar-refractivity contribution in [2.24, 2.45) is 0 Å². The summed E-state index contributed by atoms with van der Waals surface area (Å²) >= 11 is 1.75. The third kappa shape index (κ3) is 5.73. The van der Waals surface area contributed by atoms with Crippen LogP contribution in [0, 0.1) is 6.92 Å². The molecule has 0 aliphatic rings. The molecule has 3 N–H and O–H groups in total. The largest absolute Gasteiger partial charge is 0.467 e. The van der Waals surface area contributed by atoms with Crippen LogP contribution in [0.1, 0.15) is 41.9 Å². The number of carbonyl (C=O) groups is 1. The summed E-state index contributed by atoms with van der Waals surface area (Å²) in [5, 5.41) is 15.8. The number of rotatable bonds is 7. The van der Waals surface area contributed by atoms with E-state index < -0.39 is 6.10 Å². The second-order valence-corrected chi connectivity index (χ2v) is 7.28. The van der Waals surface area contributed by atoms with Gasteiger partial charge in [-0.2, -0.15) is 0 Å². The molecule has 3 atom stereocenters. The Kier molecular flexibility index (Phi) is 6.24. The van der Waals surface area contributed by atoms with Crippen molar-refractivity contribution in [1.82, 2.24) is 10.6 Å². The molecule has 0 unspecified atom stereocenters. The number of aliphatic hydroxyl groups excluding tert-OH is 1. The number of nitrogens with one attached hydrogen (secondary N) is 2. The molecular weight excluding hydrogens is 312 g/mol. The van der Waals surface area contributed by atoms with Gasteiger partial charge in [0.2, 0.25) is 0 Å². The summed E-state index contributed by atoms with van der Waals surface area (Å²) in [4.78, 5) is 14.5. The summed E-state index contributed by atoms with van der Waals surface area (Å²) in [5.41, 5.74) is 0. The summed E-state index contributed by atoms with van der Waals surface area (Å²) in [6, 6.07) is 7.31. The van der Waals surface area contributed by atoms with Crippen LogP contribution in [0.15, 0.2) is 34.9 Å². The number of thiophene rings is 1. The lowest BCUT2D eigenvalue weighted by Crippen LogP contribution is -2.45. The molecule has 0 radical (unpaired) electrons. The van der Waals surface area contributed by atoms with Crippen molar-refractivity contribution in [3.63, 3.8) is 0 Å². The highest BCUT2D eigenvalue weighted by Crippen LogP contribution is 2.18. The van der Waals surface area contributed by atoms with E-state index in [4.69, 9.17) is 4.42 Å². The Morgan fingerprint density at radius 2 is 2.00 bits per heavy atom. The van der Waals surface area contributed by atoms with Gasteiger partial charge in [-0.3, -0.25) is 0 Å². The molecule has 2 amide bonds. The van der Waals surface area contributed by atoms with E-state index in [0.717, 1.165) is 6.42 Å². The van der Waals surface area contributed by atoms with E-state index in [1.165, 1.54) is 16.0 Å². The number of furan rings is 1. The van der Waals surface area contributed by atoms with Gasteiger partial charge >= 0.3 is 6.03 Å². The third-order valence-electron chi connectivity index (χ3n) is 3.51. The first-order valence-electron chi connectivity index (χ1n) is 7.78. The molecule has 6 heteroatoms. The third-order valence-corrected chi connectivity index (χ3v) is 4.53. The molecule has 0 spiro atoms. The number of amides is 2. The van der Waals surface area contributed by atoms with Gasteiger partial charge in [0.05, 0.1) is 6.26 Å². The topological polar surface area (TPSA) is 74.5 Å². The molecule has 0 saturated carbocycles. The average Bonchev–Trinajstić information content (AvgIpc) is 3.09. The van der Waals surface area contributed by atoms with Crippen molar-refractivity contribution >= 4 is 17.4 Å². The Labute approximate surface area is 140 Å². The van der Waals surface area contributed by atoms with Crippen LogP contribution in [-0.2, 0) is 6.42 Å². The van der Waals surface area contributed by atoms with Crippen molar-refractivity contribution < 1.29 is 14.3 Å². The van der Waals surface area contributed by atoms with Crippen LogP contribution in [-0.4, -0.2) is 23.2 Å². The highest BCUT2D eigenvalue weighted by molar-refractivity contribution is 7.11. The summed E-state index contributed by atoms with van der Waals surface area (Å²) in [6.07, 6.45) is 2.03. The molecule has 2 heterocycles. The van der Waals surface area contributed by atoms with E-state index in [-0.39, 0.29) is 18.1 Å². The fourth-order valence-corrected chi connectivity index (χ4v) is 3.45. The van der Waals surface area contributed by atoms with Gasteiger partial charge in [0, 0.05) is 34.7 Å². The Morgan fingerprint density at radius 3 is 2.61 bits per heavy atom. The van der Waals surface area contributed by atoms with Gasteiger partial charge in [-0.1, -0.05) is 0 Å². The van der Waals surface area contributed by atoms with E-state index in [2.05, 4.69) is 29.7 Å². The van der Waals surface area contributed by atoms with Crippen LogP contribution in [0.5, 0.6) is 0 Å². The van der Waals surface area contributed by atoms with Gasteiger partial charge in [0.15, 0.2) is 0 Å². The predicted octanol–water partition coefficient (Wildman–Crippen LogP) is 3.39. The van der Waals surface area contributed by atoms with Crippen LogP contribution in [0.25, 0.3) is 0 Å². The second-order valence-electron chi connectivity index (χ2n) is 5.90. The molecular formula is C17H24N2O3S. The molecule has 2 aromatic rings. The quantitative estimate of drug-likeness (QED) is 0.725. The maximum Gasteiger partial charge on any atom is 0.315 e. The minimum atomic E-state index is -0.716. The molecule has 0 aromatic carbocycles. The first-order valence-corrected chi connectivity index (χ1v) is 8.59. The van der Waals surface area contributed by atoms with Crippen LogP contribution in [0.2, 0.25) is 0 Å². The van der Waals surface area contributed by atoms with Crippen LogP contribution in [0.3, 0.4) is 0 Å². The van der Waals surface area contributed by atoms with E-state index in [9.17, 15) is 9.90 Å². The first-order chi connectivity index (χ1) is 10.9. The smallest absolute Gasteiger partial charge is 0.315 e. The molecule has 0 aliphatic carbocycles. The monoisotopic (exact) mass is 336 g/mol. The standard InChI is InChI=1S/C17H24N2O3S/c1-11(9-14-7-6-13(3)23-14)18-17(21)19-12(2)10-15(20)16-5-4-8-22-16/h4-8,11-12,15,20H,9-10H2,1-3H3,(H2,18,19,21)/t11-,12+,15+/m0/s1. The molecule has 0 bridgehead atoms. The lowest BCUT2D eigenvalue weighted by molar-refractivity contribution is 0.129. The summed E-state index contributed by atoms with van der Waals surface area (Å²) in [6.45, 7) is 5.92. The number of aryl methyl sites for hydroxylation is 1. The molecule has 2 rings (SSSR count). The number of urea groups is 1. The molecule has 23 heavy (non-hydrogen) atoms. The number of carbonyl (C=O) groups excluding carboxylic acids is 1. The molecule has 2 aromatic heterocycles. The van der Waals surface area contributed by atoms with Crippen molar-refractivity contribution in [3.8, 4) is 0 Å². The zero-order valence-corrected chi connectivity index (χ0v) is 14.5. The summed E-state index contributed by atoms with van der Waals surface area (Å²) < 4.78 is 5.16. The number of hydrogen-bond acceptors (Lipinski definition) is 4. The lowest BCUT2D eigenvalue weighted by atomic mass is 10.1. The number of aliphatic hydroxyl groups is 1. The Balaban J connectivity index is 1.72. The summed E-state index contributed by atoms with van der Waals surface area (Å²) in [5.74, 6) is 0.514. The molecule has 0 fully saturated rings. The molecule has 0 saturated heterocycles. The van der Waals surface area contributed by atoms with Crippen molar-refractivity contribution in [1.29, 1.82) is 0 Å². The van der Waals surface area contributed by atoms with Gasteiger partial charge in [-0.05, 0) is 45.0 Å². The van der Waals surface area contributed by atoms with Gasteiger partial charge < -0.3 is 20.2 Å². The van der Waals surface area contributed by atoms with E-state index >= 15 is 0 Å². The zero-order valence-electron chi connectivity index (χ0n) is 13.7. The summed E-state index contributed by atoms with van der Waals surface area (Å²) in [7, 11) is 0. The minimum absolute atomic E-state index is 0.0512. The second kappa shape index (κ2) is 8.17. The minimum Gasteiger partial charge on any atom is -0.467 e. The Hall–Kier alpha value is -1.79. The van der Waals surface area contributed by atoms with Crippen LogP contribution in [0.4, 0.5) is 4.79 Å². The maximum atomic E-state index is 12.0. The molecule has 0 aliphatic heterocycles. The highest BCUT2D eigenvalue weighted by Gasteiger charge is 2.17. The fraction of sp³-hybridized carbons (Fsp3) is 0.471. The van der Waals surface area contributed by atoms with E-state index in [1.54, 1.807) is 23.5 Å². The fourth-order valence-electron chi connectivity index (χ4n) is 2.43. The SMILES string of the molecule is Cc1ccc(C[C@H](C)NC(=O)N[C@H](C)C[C@@H](O)c2ccco2)s1. The lowest BCUT2D eigenvalue weighted by Gasteiger charge is -2.19. The highest BCUT2D eigenvalue weighted by atomic mass is 32.1. The zero-order chi connectivity index (χ0) is 16.8. The Bertz CT molecular complexity index is 609. The average molecular weight is 336 g/mol. The van der Waals surface area contributed by atoms with Crippen LogP contribution < -0.4 is 10.6 Å². The van der Waals surface area contributed by atoms with Crippen LogP contribution >= 0.6 is 11.3 Å². The first kappa shape index (κ1) is 17.6. The van der Waals surface area contributed by atoms with Crippen molar-refractivity contribution in [2.75, 3.05) is 0 Å². The van der Waals surface area contributed by atoms with Gasteiger partial charge in [0.25, 0.3) is 0 Å². The molecule has 126 valence electrons. The van der Waals surface area contributed by atoms with Gasteiger partial charge in [0.1, 0.15) is 11.9 Å².